The Morgan fingerprint density at radius 1 is 0.971 bits per heavy atom. The van der Waals surface area contributed by atoms with E-state index in [0.29, 0.717) is 37.7 Å². The van der Waals surface area contributed by atoms with Gasteiger partial charge in [-0.15, -0.1) is 0 Å². The fourth-order valence-corrected chi connectivity index (χ4v) is 4.56. The van der Waals surface area contributed by atoms with Crippen LogP contribution in [0.3, 0.4) is 0 Å². The van der Waals surface area contributed by atoms with Gasteiger partial charge in [0.25, 0.3) is 5.69 Å². The number of rotatable bonds is 5. The van der Waals surface area contributed by atoms with E-state index in [-0.39, 0.29) is 17.5 Å². The Labute approximate surface area is 201 Å². The third-order valence-corrected chi connectivity index (χ3v) is 6.71. The minimum Gasteiger partial charge on any atom is -0.369 e. The molecule has 1 N–H and O–H groups in total. The van der Waals surface area contributed by atoms with E-state index in [1.807, 2.05) is 24.3 Å². The molecule has 8 nitrogen and oxygen atoms in total. The predicted molar refractivity (Wildman–Crippen MR) is 128 cm³/mol. The van der Waals surface area contributed by atoms with Gasteiger partial charge in [0, 0.05) is 62.6 Å². The average molecular weight is 492 g/mol. The molecule has 4 rings (SSSR count). The number of nitrogens with one attached hydrogen (secondary N) is 1. The molecule has 2 aliphatic rings. The predicted octanol–water partition coefficient (Wildman–Crippen LogP) is 4.22. The molecule has 0 bridgehead atoms. The molecule has 2 fully saturated rings. The van der Waals surface area contributed by atoms with Crippen molar-refractivity contribution >= 4 is 28.7 Å². The fraction of sp³-hybridized carbons (Fsp3) is 0.458. The van der Waals surface area contributed by atoms with E-state index in [2.05, 4.69) is 22.2 Å². The Hall–Kier alpha value is -3.34. The zero-order valence-corrected chi connectivity index (χ0v) is 19.4. The summed E-state index contributed by atoms with van der Waals surface area (Å²) in [7, 11) is 2.10. The SMILES string of the molecule is CN1CCN(c2ccc(NC(=O)C3CCN(c4ccc(C(F)(F)F)cc4[N+](=O)[O-])CC3)cc2)CC1. The fourth-order valence-electron chi connectivity index (χ4n) is 4.56. The molecule has 2 aromatic rings. The number of hydrogen-bond acceptors (Lipinski definition) is 6. The second-order valence-electron chi connectivity index (χ2n) is 9.05. The van der Waals surface area contributed by atoms with Crippen molar-refractivity contribution in [3.05, 3.63) is 58.1 Å². The quantitative estimate of drug-likeness (QED) is 0.498. The van der Waals surface area contributed by atoms with Crippen LogP contribution in [0.5, 0.6) is 0 Å². The van der Waals surface area contributed by atoms with Crippen molar-refractivity contribution in [1.82, 2.24) is 4.90 Å². The van der Waals surface area contributed by atoms with E-state index in [1.54, 1.807) is 4.90 Å². The van der Waals surface area contributed by atoms with Crippen LogP contribution in [-0.4, -0.2) is 62.0 Å². The number of anilines is 3. The second kappa shape index (κ2) is 10.1. The summed E-state index contributed by atoms with van der Waals surface area (Å²) in [4.78, 5) is 29.7. The lowest BCUT2D eigenvalue weighted by molar-refractivity contribution is -0.384. The van der Waals surface area contributed by atoms with Crippen molar-refractivity contribution in [2.75, 3.05) is 61.4 Å². The van der Waals surface area contributed by atoms with Crippen molar-refractivity contribution in [2.45, 2.75) is 19.0 Å². The number of hydrogen-bond donors (Lipinski definition) is 1. The third-order valence-electron chi connectivity index (χ3n) is 6.71. The Morgan fingerprint density at radius 2 is 1.60 bits per heavy atom. The van der Waals surface area contributed by atoms with Crippen molar-refractivity contribution in [3.8, 4) is 0 Å². The normalized spacial score (nSPS) is 17.9. The molecule has 35 heavy (non-hydrogen) atoms. The molecule has 0 atom stereocenters. The molecule has 1 amide bonds. The highest BCUT2D eigenvalue weighted by molar-refractivity contribution is 5.93. The number of carbonyl (C=O) groups is 1. The molecule has 2 heterocycles. The topological polar surface area (TPSA) is 82.0 Å². The Kier molecular flexibility index (Phi) is 7.15. The average Bonchev–Trinajstić information content (AvgIpc) is 2.84. The van der Waals surface area contributed by atoms with Gasteiger partial charge in [-0.1, -0.05) is 0 Å². The van der Waals surface area contributed by atoms with Gasteiger partial charge in [-0.3, -0.25) is 14.9 Å². The van der Waals surface area contributed by atoms with Crippen LogP contribution in [0.1, 0.15) is 18.4 Å². The second-order valence-corrected chi connectivity index (χ2v) is 9.05. The molecule has 2 aromatic carbocycles. The first kappa shape index (κ1) is 24.8. The summed E-state index contributed by atoms with van der Waals surface area (Å²) < 4.78 is 38.9. The zero-order valence-electron chi connectivity index (χ0n) is 19.4. The number of halogens is 3. The van der Waals surface area contributed by atoms with Crippen LogP contribution < -0.4 is 15.1 Å². The summed E-state index contributed by atoms with van der Waals surface area (Å²) in [5.41, 5.74) is 0.321. The van der Waals surface area contributed by atoms with Crippen LogP contribution in [0, 0.1) is 16.0 Å². The van der Waals surface area contributed by atoms with Crippen LogP contribution in [-0.2, 0) is 11.0 Å². The number of carbonyl (C=O) groups excluding carboxylic acids is 1. The first-order chi connectivity index (χ1) is 16.6. The van der Waals surface area contributed by atoms with E-state index in [0.717, 1.165) is 44.0 Å². The molecule has 0 saturated carbocycles. The lowest BCUT2D eigenvalue weighted by atomic mass is 9.95. The number of nitro benzene ring substituents is 1. The minimum absolute atomic E-state index is 0.126. The number of likely N-dealkylation sites (N-methyl/N-ethyl adjacent to an activating group) is 1. The Balaban J connectivity index is 1.34. The highest BCUT2D eigenvalue weighted by Gasteiger charge is 2.35. The first-order valence-corrected chi connectivity index (χ1v) is 11.6. The summed E-state index contributed by atoms with van der Waals surface area (Å²) in [6.07, 6.45) is -3.76. The van der Waals surface area contributed by atoms with Gasteiger partial charge < -0.3 is 20.0 Å². The van der Waals surface area contributed by atoms with Crippen LogP contribution in [0.2, 0.25) is 0 Å². The molecule has 2 saturated heterocycles. The summed E-state index contributed by atoms with van der Waals surface area (Å²) in [5, 5.41) is 14.3. The molecule has 2 aliphatic heterocycles. The molecule has 0 aromatic heterocycles. The molecule has 11 heteroatoms. The van der Waals surface area contributed by atoms with Gasteiger partial charge in [-0.25, -0.2) is 0 Å². The molecular formula is C24H28F3N5O3. The lowest BCUT2D eigenvalue weighted by Gasteiger charge is -2.34. The molecular weight excluding hydrogens is 463 g/mol. The first-order valence-electron chi connectivity index (χ1n) is 11.6. The number of nitro groups is 1. The molecule has 0 spiro atoms. The van der Waals surface area contributed by atoms with Crippen molar-refractivity contribution in [2.24, 2.45) is 5.92 Å². The summed E-state index contributed by atoms with van der Waals surface area (Å²) >= 11 is 0. The Bertz CT molecular complexity index is 1060. The number of amides is 1. The van der Waals surface area contributed by atoms with Gasteiger partial charge in [0.15, 0.2) is 0 Å². The van der Waals surface area contributed by atoms with Gasteiger partial charge in [-0.2, -0.15) is 13.2 Å². The van der Waals surface area contributed by atoms with Crippen LogP contribution >= 0.6 is 0 Å². The number of piperidine rings is 1. The number of alkyl halides is 3. The molecule has 0 unspecified atom stereocenters. The Morgan fingerprint density at radius 3 is 2.17 bits per heavy atom. The highest BCUT2D eigenvalue weighted by Crippen LogP contribution is 2.37. The summed E-state index contributed by atoms with van der Waals surface area (Å²) in [6.45, 7) is 4.61. The van der Waals surface area contributed by atoms with Gasteiger partial charge in [0.05, 0.1) is 10.5 Å². The highest BCUT2D eigenvalue weighted by atomic mass is 19.4. The maximum atomic E-state index is 13.0. The molecule has 0 radical (unpaired) electrons. The monoisotopic (exact) mass is 491 g/mol. The maximum absolute atomic E-state index is 13.0. The number of benzene rings is 2. The van der Waals surface area contributed by atoms with Gasteiger partial charge in [0.2, 0.25) is 5.91 Å². The molecule has 188 valence electrons. The lowest BCUT2D eigenvalue weighted by Crippen LogP contribution is -2.44. The standard InChI is InChI=1S/C24H28F3N5O3/c1-29-12-14-30(15-13-29)20-5-3-19(4-6-20)28-23(33)17-8-10-31(11-9-17)21-7-2-18(24(25,26)27)16-22(21)32(34)35/h2-7,16-17H,8-15H2,1H3,(H,28,33). The van der Waals surface area contributed by atoms with E-state index >= 15 is 0 Å². The van der Waals surface area contributed by atoms with Crippen LogP contribution in [0.4, 0.5) is 35.9 Å². The van der Waals surface area contributed by atoms with Gasteiger partial charge in [-0.05, 0) is 56.3 Å². The van der Waals surface area contributed by atoms with Gasteiger partial charge >= 0.3 is 6.18 Å². The van der Waals surface area contributed by atoms with Gasteiger partial charge in [0.1, 0.15) is 5.69 Å². The van der Waals surface area contributed by atoms with Crippen molar-refractivity contribution in [1.29, 1.82) is 0 Å². The zero-order chi connectivity index (χ0) is 25.2. The minimum atomic E-state index is -4.66. The smallest absolute Gasteiger partial charge is 0.369 e. The largest absolute Gasteiger partial charge is 0.416 e. The van der Waals surface area contributed by atoms with E-state index in [4.69, 9.17) is 0 Å². The van der Waals surface area contributed by atoms with E-state index in [1.165, 1.54) is 0 Å². The third kappa shape index (κ3) is 5.84. The number of piperazine rings is 1. The summed E-state index contributed by atoms with van der Waals surface area (Å²) in [6, 6.07) is 10.3. The number of nitrogens with zero attached hydrogens (tertiary/aromatic N) is 4. The summed E-state index contributed by atoms with van der Waals surface area (Å²) in [5.74, 6) is -0.407. The van der Waals surface area contributed by atoms with Crippen LogP contribution in [0.25, 0.3) is 0 Å². The van der Waals surface area contributed by atoms with Crippen LogP contribution in [0.15, 0.2) is 42.5 Å². The van der Waals surface area contributed by atoms with E-state index in [9.17, 15) is 28.1 Å². The maximum Gasteiger partial charge on any atom is 0.416 e. The van der Waals surface area contributed by atoms with Crippen molar-refractivity contribution in [3.63, 3.8) is 0 Å². The van der Waals surface area contributed by atoms with E-state index < -0.39 is 22.4 Å². The molecule has 0 aliphatic carbocycles. The van der Waals surface area contributed by atoms with Crippen molar-refractivity contribution < 1.29 is 22.9 Å².